The van der Waals surface area contributed by atoms with Crippen LogP contribution in [0.25, 0.3) is 0 Å². The summed E-state index contributed by atoms with van der Waals surface area (Å²) in [5.74, 6) is -0.951. The van der Waals surface area contributed by atoms with Crippen molar-refractivity contribution in [2.24, 2.45) is 0 Å². The Labute approximate surface area is 183 Å². The van der Waals surface area contributed by atoms with E-state index in [0.717, 1.165) is 0 Å². The number of para-hydroxylation sites is 1. The van der Waals surface area contributed by atoms with Crippen molar-refractivity contribution < 1.29 is 23.5 Å². The number of methoxy groups -OCH3 is 1. The molecule has 31 heavy (non-hydrogen) atoms. The highest BCUT2D eigenvalue weighted by atomic mass is 35.5. The first kappa shape index (κ1) is 22.3. The van der Waals surface area contributed by atoms with Gasteiger partial charge in [-0.25, -0.2) is 4.39 Å². The molecule has 0 aliphatic heterocycles. The second-order valence-corrected chi connectivity index (χ2v) is 6.86. The van der Waals surface area contributed by atoms with E-state index in [0.29, 0.717) is 41.5 Å². The Kier molecular flexibility index (Phi) is 7.59. The molecule has 0 spiro atoms. The Morgan fingerprint density at radius 1 is 0.903 bits per heavy atom. The molecule has 8 heteroatoms. The maximum atomic E-state index is 13.3. The summed E-state index contributed by atoms with van der Waals surface area (Å²) in [5, 5.41) is 5.31. The van der Waals surface area contributed by atoms with Crippen molar-refractivity contribution in [3.05, 3.63) is 88.7 Å². The zero-order chi connectivity index (χ0) is 22.2. The van der Waals surface area contributed by atoms with E-state index < -0.39 is 11.7 Å². The van der Waals surface area contributed by atoms with Gasteiger partial charge >= 0.3 is 0 Å². The monoisotopic (exact) mass is 442 g/mol. The lowest BCUT2D eigenvalue weighted by Gasteiger charge is -2.12. The minimum atomic E-state index is -0.573. The van der Waals surface area contributed by atoms with Gasteiger partial charge in [0.2, 0.25) is 0 Å². The maximum Gasteiger partial charge on any atom is 0.259 e. The minimum absolute atomic E-state index is 0.0924. The summed E-state index contributed by atoms with van der Waals surface area (Å²) < 4.78 is 23.8. The quantitative estimate of drug-likeness (QED) is 0.481. The number of carbonyl (C=O) groups excluding carboxylic acids is 2. The van der Waals surface area contributed by atoms with Crippen LogP contribution in [0.4, 0.5) is 15.8 Å². The average molecular weight is 443 g/mol. The normalized spacial score (nSPS) is 10.4. The fourth-order valence-corrected chi connectivity index (χ4v) is 2.91. The van der Waals surface area contributed by atoms with Crippen LogP contribution in [0, 0.1) is 5.82 Å². The Morgan fingerprint density at radius 3 is 2.42 bits per heavy atom. The Balaban J connectivity index is 1.71. The standard InChI is InChI=1S/C23H20ClFN2O4/c1-30-11-12-31-21-8-3-2-7-18(21)23(29)27-16-6-4-5-15(13-16)22(28)26-17-9-10-20(25)19(24)14-17/h2-10,13-14H,11-12H2,1H3,(H,26,28)(H,27,29). The van der Waals surface area contributed by atoms with E-state index in [2.05, 4.69) is 10.6 Å². The number of benzene rings is 3. The van der Waals surface area contributed by atoms with Crippen LogP contribution in [0.3, 0.4) is 0 Å². The second-order valence-electron chi connectivity index (χ2n) is 6.46. The number of anilines is 2. The molecule has 0 saturated heterocycles. The van der Waals surface area contributed by atoms with Gasteiger partial charge in [-0.2, -0.15) is 0 Å². The highest BCUT2D eigenvalue weighted by Gasteiger charge is 2.14. The SMILES string of the molecule is COCCOc1ccccc1C(=O)Nc1cccc(C(=O)Nc2ccc(F)c(Cl)c2)c1. The van der Waals surface area contributed by atoms with Crippen molar-refractivity contribution in [1.29, 1.82) is 0 Å². The largest absolute Gasteiger partial charge is 0.490 e. The van der Waals surface area contributed by atoms with E-state index in [4.69, 9.17) is 21.1 Å². The lowest BCUT2D eigenvalue weighted by molar-refractivity contribution is 0.101. The number of rotatable bonds is 8. The van der Waals surface area contributed by atoms with E-state index in [1.165, 1.54) is 24.3 Å². The van der Waals surface area contributed by atoms with Crippen molar-refractivity contribution >= 4 is 34.8 Å². The molecule has 160 valence electrons. The molecule has 2 N–H and O–H groups in total. The van der Waals surface area contributed by atoms with Gasteiger partial charge in [0.05, 0.1) is 17.2 Å². The number of hydrogen-bond donors (Lipinski definition) is 2. The Morgan fingerprint density at radius 2 is 1.65 bits per heavy atom. The zero-order valence-electron chi connectivity index (χ0n) is 16.7. The highest BCUT2D eigenvalue weighted by molar-refractivity contribution is 6.31. The molecule has 0 aliphatic carbocycles. The number of nitrogens with one attached hydrogen (secondary N) is 2. The summed E-state index contributed by atoms with van der Waals surface area (Å²) in [6, 6.07) is 17.2. The molecule has 0 fully saturated rings. The van der Waals surface area contributed by atoms with Crippen LogP contribution in [0.2, 0.25) is 5.02 Å². The van der Waals surface area contributed by atoms with Gasteiger partial charge in [-0.1, -0.05) is 29.8 Å². The third-order valence-electron chi connectivity index (χ3n) is 4.24. The van der Waals surface area contributed by atoms with E-state index in [9.17, 15) is 14.0 Å². The molecule has 3 rings (SSSR count). The fraction of sp³-hybridized carbons (Fsp3) is 0.130. The molecule has 0 heterocycles. The molecule has 0 aromatic heterocycles. The number of hydrogen-bond acceptors (Lipinski definition) is 4. The molecule has 0 unspecified atom stereocenters. The summed E-state index contributed by atoms with van der Waals surface area (Å²) >= 11 is 5.75. The predicted octanol–water partition coefficient (Wildman–Crippen LogP) is 5.01. The van der Waals surface area contributed by atoms with Crippen molar-refractivity contribution in [3.8, 4) is 5.75 Å². The van der Waals surface area contributed by atoms with Gasteiger partial charge in [0.1, 0.15) is 18.2 Å². The molecule has 3 aromatic rings. The van der Waals surface area contributed by atoms with E-state index in [-0.39, 0.29) is 10.9 Å². The third-order valence-corrected chi connectivity index (χ3v) is 4.53. The first-order valence-electron chi connectivity index (χ1n) is 9.36. The van der Waals surface area contributed by atoms with Gasteiger partial charge in [-0.15, -0.1) is 0 Å². The van der Waals surface area contributed by atoms with Gasteiger partial charge in [0.15, 0.2) is 0 Å². The number of halogens is 2. The molecule has 0 aliphatic rings. The smallest absolute Gasteiger partial charge is 0.259 e. The summed E-state index contributed by atoms with van der Waals surface area (Å²) in [7, 11) is 1.57. The second kappa shape index (κ2) is 10.6. The van der Waals surface area contributed by atoms with Crippen molar-refractivity contribution in [2.75, 3.05) is 31.0 Å². The highest BCUT2D eigenvalue weighted by Crippen LogP contribution is 2.22. The van der Waals surface area contributed by atoms with Crippen molar-refractivity contribution in [1.82, 2.24) is 0 Å². The lowest BCUT2D eigenvalue weighted by atomic mass is 10.1. The van der Waals surface area contributed by atoms with E-state index >= 15 is 0 Å². The maximum absolute atomic E-state index is 13.3. The molecule has 0 radical (unpaired) electrons. The number of amides is 2. The van der Waals surface area contributed by atoms with Gasteiger partial charge < -0.3 is 20.1 Å². The van der Waals surface area contributed by atoms with Gasteiger partial charge in [-0.3, -0.25) is 9.59 Å². The molecule has 0 bridgehead atoms. The van der Waals surface area contributed by atoms with Crippen LogP contribution in [0.15, 0.2) is 66.7 Å². The van der Waals surface area contributed by atoms with E-state index in [1.54, 1.807) is 49.6 Å². The molecule has 6 nitrogen and oxygen atoms in total. The summed E-state index contributed by atoms with van der Waals surface area (Å²) in [6.45, 7) is 0.705. The van der Waals surface area contributed by atoms with Crippen molar-refractivity contribution in [2.45, 2.75) is 0 Å². The van der Waals surface area contributed by atoms with Crippen LogP contribution in [-0.4, -0.2) is 32.1 Å². The van der Waals surface area contributed by atoms with Gasteiger partial charge in [-0.05, 0) is 48.5 Å². The van der Waals surface area contributed by atoms with Gasteiger partial charge in [0, 0.05) is 24.0 Å². The molecule has 0 saturated carbocycles. The molecule has 2 amide bonds. The molecule has 0 atom stereocenters. The molecular weight excluding hydrogens is 423 g/mol. The van der Waals surface area contributed by atoms with Gasteiger partial charge in [0.25, 0.3) is 11.8 Å². The fourth-order valence-electron chi connectivity index (χ4n) is 2.73. The van der Waals surface area contributed by atoms with Crippen LogP contribution >= 0.6 is 11.6 Å². The first-order chi connectivity index (χ1) is 15.0. The topological polar surface area (TPSA) is 76.7 Å². The summed E-state index contributed by atoms with van der Waals surface area (Å²) in [5.41, 5.74) is 1.45. The number of carbonyl (C=O) groups is 2. The molecule has 3 aromatic carbocycles. The Bertz CT molecular complexity index is 1090. The van der Waals surface area contributed by atoms with Crippen LogP contribution in [0.1, 0.15) is 20.7 Å². The van der Waals surface area contributed by atoms with Crippen LogP contribution in [-0.2, 0) is 4.74 Å². The minimum Gasteiger partial charge on any atom is -0.490 e. The number of ether oxygens (including phenoxy) is 2. The van der Waals surface area contributed by atoms with Crippen LogP contribution < -0.4 is 15.4 Å². The summed E-state index contributed by atoms with van der Waals surface area (Å²) in [4.78, 5) is 25.3. The Hall–Kier alpha value is -3.42. The third kappa shape index (κ3) is 6.04. The first-order valence-corrected chi connectivity index (χ1v) is 9.74. The lowest BCUT2D eigenvalue weighted by Crippen LogP contribution is -2.16. The van der Waals surface area contributed by atoms with Crippen LogP contribution in [0.5, 0.6) is 5.75 Å². The predicted molar refractivity (Wildman–Crippen MR) is 118 cm³/mol. The van der Waals surface area contributed by atoms with E-state index in [1.807, 2.05) is 0 Å². The average Bonchev–Trinajstić information content (AvgIpc) is 2.77. The molecular formula is C23H20ClFN2O4. The van der Waals surface area contributed by atoms with Crippen molar-refractivity contribution in [3.63, 3.8) is 0 Å². The zero-order valence-corrected chi connectivity index (χ0v) is 17.4. The summed E-state index contributed by atoms with van der Waals surface area (Å²) in [6.07, 6.45) is 0.